The molecule has 1 fully saturated rings. The minimum absolute atomic E-state index is 0. The molecule has 5 nitrogen and oxygen atoms in total. The second-order valence-corrected chi connectivity index (χ2v) is 5.92. The molecule has 1 aromatic rings. The molecule has 0 bridgehead atoms. The van der Waals surface area contributed by atoms with Crippen molar-refractivity contribution in [1.29, 1.82) is 0 Å². The fourth-order valence-electron chi connectivity index (χ4n) is 2.03. The predicted molar refractivity (Wildman–Crippen MR) is 87.8 cm³/mol. The Labute approximate surface area is 134 Å². The number of primary amides is 1. The lowest BCUT2D eigenvalue weighted by Crippen LogP contribution is -2.41. The van der Waals surface area contributed by atoms with Crippen LogP contribution in [0.2, 0.25) is 0 Å². The molecule has 1 aromatic carbocycles. The van der Waals surface area contributed by atoms with Crippen molar-refractivity contribution in [2.75, 3.05) is 18.1 Å². The highest BCUT2D eigenvalue weighted by Crippen LogP contribution is 2.10. The molecule has 1 saturated heterocycles. The number of halogens is 1. The monoisotopic (exact) mass is 329 g/mol. The molecule has 1 unspecified atom stereocenters. The summed E-state index contributed by atoms with van der Waals surface area (Å²) in [7, 11) is 0. The largest absolute Gasteiger partial charge is 0.366 e. The van der Waals surface area contributed by atoms with Gasteiger partial charge < -0.3 is 16.4 Å². The fourth-order valence-corrected chi connectivity index (χ4v) is 2.98. The zero-order chi connectivity index (χ0) is 14.4. The van der Waals surface area contributed by atoms with Crippen molar-refractivity contribution >= 4 is 36.0 Å². The maximum Gasteiger partial charge on any atom is 0.248 e. The zero-order valence-electron chi connectivity index (χ0n) is 11.6. The molecule has 21 heavy (non-hydrogen) atoms. The summed E-state index contributed by atoms with van der Waals surface area (Å²) in [5, 5.41) is 6.23. The standard InChI is InChI=1S/C14H19N3O2S.ClH/c15-14(19)11-3-1-10(2-4-11)8-17-13(18)7-12-9-20-6-5-16-12;/h1-4,12,16H,5-9H2,(H2,15,19)(H,17,18);1H. The first-order valence-corrected chi connectivity index (χ1v) is 7.77. The second-order valence-electron chi connectivity index (χ2n) is 4.77. The molecule has 1 heterocycles. The Bertz CT molecular complexity index is 476. The average Bonchev–Trinajstić information content (AvgIpc) is 2.46. The zero-order valence-corrected chi connectivity index (χ0v) is 13.3. The van der Waals surface area contributed by atoms with E-state index in [9.17, 15) is 9.59 Å². The van der Waals surface area contributed by atoms with Gasteiger partial charge >= 0.3 is 0 Å². The van der Waals surface area contributed by atoms with Crippen LogP contribution >= 0.6 is 24.2 Å². The molecule has 0 saturated carbocycles. The number of benzene rings is 1. The number of rotatable bonds is 5. The number of thioether (sulfide) groups is 1. The first-order chi connectivity index (χ1) is 9.65. The molecule has 1 atom stereocenters. The first-order valence-electron chi connectivity index (χ1n) is 6.62. The van der Waals surface area contributed by atoms with Gasteiger partial charge in [0.05, 0.1) is 0 Å². The third-order valence-electron chi connectivity index (χ3n) is 3.16. The third kappa shape index (κ3) is 5.95. The van der Waals surface area contributed by atoms with Gasteiger partial charge in [-0.15, -0.1) is 12.4 Å². The van der Waals surface area contributed by atoms with Crippen LogP contribution in [0.4, 0.5) is 0 Å². The molecule has 116 valence electrons. The topological polar surface area (TPSA) is 84.2 Å². The smallest absolute Gasteiger partial charge is 0.248 e. The van der Waals surface area contributed by atoms with E-state index in [1.165, 1.54) is 0 Å². The van der Waals surface area contributed by atoms with Crippen LogP contribution in [0.5, 0.6) is 0 Å². The molecule has 1 aliphatic heterocycles. The van der Waals surface area contributed by atoms with E-state index in [2.05, 4.69) is 10.6 Å². The summed E-state index contributed by atoms with van der Waals surface area (Å²) in [6.07, 6.45) is 0.506. The number of hydrogen-bond acceptors (Lipinski definition) is 4. The lowest BCUT2D eigenvalue weighted by Gasteiger charge is -2.22. The summed E-state index contributed by atoms with van der Waals surface area (Å²) >= 11 is 1.88. The van der Waals surface area contributed by atoms with E-state index in [0.717, 1.165) is 23.6 Å². The molecule has 7 heteroatoms. The van der Waals surface area contributed by atoms with E-state index < -0.39 is 5.91 Å². The molecule has 0 spiro atoms. The van der Waals surface area contributed by atoms with Crippen LogP contribution in [0.15, 0.2) is 24.3 Å². The van der Waals surface area contributed by atoms with Crippen LogP contribution in [0, 0.1) is 0 Å². The molecule has 2 amide bonds. The van der Waals surface area contributed by atoms with E-state index in [1.54, 1.807) is 24.3 Å². The van der Waals surface area contributed by atoms with Crippen molar-refractivity contribution in [3.05, 3.63) is 35.4 Å². The van der Waals surface area contributed by atoms with Gasteiger partial charge in [-0.1, -0.05) is 12.1 Å². The van der Waals surface area contributed by atoms with Gasteiger partial charge in [0.15, 0.2) is 0 Å². The number of nitrogens with two attached hydrogens (primary N) is 1. The first kappa shape index (κ1) is 17.8. The molecule has 1 aliphatic rings. The van der Waals surface area contributed by atoms with Gasteiger partial charge in [-0.05, 0) is 17.7 Å². The summed E-state index contributed by atoms with van der Waals surface area (Å²) in [5.41, 5.74) is 6.60. The molecular formula is C14H20ClN3O2S. The van der Waals surface area contributed by atoms with Gasteiger partial charge in [0.25, 0.3) is 0 Å². The average molecular weight is 330 g/mol. The van der Waals surface area contributed by atoms with Gasteiger partial charge in [0, 0.05) is 42.6 Å². The summed E-state index contributed by atoms with van der Waals surface area (Å²) < 4.78 is 0. The van der Waals surface area contributed by atoms with Gasteiger partial charge in [0.2, 0.25) is 11.8 Å². The van der Waals surface area contributed by atoms with Crippen LogP contribution in [0.3, 0.4) is 0 Å². The Kier molecular flexibility index (Phi) is 7.56. The predicted octanol–water partition coefficient (Wildman–Crippen LogP) is 0.919. The molecule has 0 aliphatic carbocycles. The third-order valence-corrected chi connectivity index (χ3v) is 4.29. The second kappa shape index (κ2) is 8.92. The van der Waals surface area contributed by atoms with Gasteiger partial charge in [-0.25, -0.2) is 0 Å². The van der Waals surface area contributed by atoms with Crippen molar-refractivity contribution < 1.29 is 9.59 Å². The quantitative estimate of drug-likeness (QED) is 0.750. The lowest BCUT2D eigenvalue weighted by molar-refractivity contribution is -0.121. The molecule has 2 rings (SSSR count). The van der Waals surface area contributed by atoms with Crippen LogP contribution < -0.4 is 16.4 Å². The SMILES string of the molecule is Cl.NC(=O)c1ccc(CNC(=O)CC2CSCCN2)cc1. The summed E-state index contributed by atoms with van der Waals surface area (Å²) in [5.74, 6) is 1.70. The van der Waals surface area contributed by atoms with E-state index in [1.807, 2.05) is 11.8 Å². The van der Waals surface area contributed by atoms with Crippen molar-refractivity contribution in [2.24, 2.45) is 5.73 Å². The van der Waals surface area contributed by atoms with Crippen LogP contribution in [0.25, 0.3) is 0 Å². The highest BCUT2D eigenvalue weighted by molar-refractivity contribution is 7.99. The molecular weight excluding hydrogens is 310 g/mol. The van der Waals surface area contributed by atoms with Crippen molar-refractivity contribution in [2.45, 2.75) is 19.0 Å². The lowest BCUT2D eigenvalue weighted by atomic mass is 10.1. The maximum absolute atomic E-state index is 11.8. The summed E-state index contributed by atoms with van der Waals surface area (Å²) in [4.78, 5) is 22.8. The Morgan fingerprint density at radius 2 is 2.05 bits per heavy atom. The van der Waals surface area contributed by atoms with Crippen molar-refractivity contribution in [1.82, 2.24) is 10.6 Å². The maximum atomic E-state index is 11.8. The number of carbonyl (C=O) groups is 2. The minimum Gasteiger partial charge on any atom is -0.366 e. The molecule has 0 aromatic heterocycles. The Morgan fingerprint density at radius 3 is 2.62 bits per heavy atom. The Morgan fingerprint density at radius 1 is 1.33 bits per heavy atom. The molecule has 0 radical (unpaired) electrons. The number of nitrogens with one attached hydrogen (secondary N) is 2. The summed E-state index contributed by atoms with van der Waals surface area (Å²) in [6.45, 7) is 1.44. The Balaban J connectivity index is 0.00000220. The number of hydrogen-bond donors (Lipinski definition) is 3. The summed E-state index contributed by atoms with van der Waals surface area (Å²) in [6, 6.07) is 7.21. The van der Waals surface area contributed by atoms with Gasteiger partial charge in [0.1, 0.15) is 0 Å². The van der Waals surface area contributed by atoms with Crippen LogP contribution in [-0.4, -0.2) is 35.9 Å². The van der Waals surface area contributed by atoms with Gasteiger partial charge in [-0.3, -0.25) is 9.59 Å². The van der Waals surface area contributed by atoms with Crippen molar-refractivity contribution in [3.8, 4) is 0 Å². The number of carbonyl (C=O) groups excluding carboxylic acids is 2. The number of amides is 2. The minimum atomic E-state index is -0.443. The fraction of sp³-hybridized carbons (Fsp3) is 0.429. The van der Waals surface area contributed by atoms with E-state index in [4.69, 9.17) is 5.73 Å². The normalized spacial score (nSPS) is 17.6. The highest BCUT2D eigenvalue weighted by atomic mass is 35.5. The highest BCUT2D eigenvalue weighted by Gasteiger charge is 2.16. The molecule has 4 N–H and O–H groups in total. The van der Waals surface area contributed by atoms with Crippen molar-refractivity contribution in [3.63, 3.8) is 0 Å². The van der Waals surface area contributed by atoms with E-state index >= 15 is 0 Å². The van der Waals surface area contributed by atoms with Crippen LogP contribution in [-0.2, 0) is 11.3 Å². The van der Waals surface area contributed by atoms with E-state index in [-0.39, 0.29) is 24.4 Å². The van der Waals surface area contributed by atoms with E-state index in [0.29, 0.717) is 18.5 Å². The van der Waals surface area contributed by atoms with Crippen LogP contribution in [0.1, 0.15) is 22.3 Å². The van der Waals surface area contributed by atoms with Gasteiger partial charge in [-0.2, -0.15) is 11.8 Å². The Hall–Kier alpha value is -1.24.